The van der Waals surface area contributed by atoms with Gasteiger partial charge in [-0.15, -0.1) is 0 Å². The molecule has 0 radical (unpaired) electrons. The fourth-order valence-corrected chi connectivity index (χ4v) is 5.72. The molecule has 0 spiro atoms. The van der Waals surface area contributed by atoms with Gasteiger partial charge in [0.2, 0.25) is 0 Å². The van der Waals surface area contributed by atoms with Gasteiger partial charge in [-0.3, -0.25) is 9.36 Å². The Morgan fingerprint density at radius 1 is 1.07 bits per heavy atom. The van der Waals surface area contributed by atoms with Crippen molar-refractivity contribution in [3.8, 4) is 11.5 Å². The van der Waals surface area contributed by atoms with Crippen molar-refractivity contribution in [3.63, 3.8) is 0 Å². The Morgan fingerprint density at radius 2 is 1.83 bits per heavy atom. The molecule has 1 aliphatic rings. The zero-order chi connectivity index (χ0) is 29.1. The van der Waals surface area contributed by atoms with Gasteiger partial charge in [-0.2, -0.15) is 0 Å². The summed E-state index contributed by atoms with van der Waals surface area (Å²) in [6, 6.07) is 18.8. The number of carbonyl (C=O) groups is 1. The summed E-state index contributed by atoms with van der Waals surface area (Å²) in [6.07, 6.45) is 1.75. The highest BCUT2D eigenvalue weighted by molar-refractivity contribution is 7.07. The molecule has 1 atom stereocenters. The van der Waals surface area contributed by atoms with E-state index in [1.807, 2.05) is 31.2 Å². The molecule has 5 rings (SSSR count). The number of ether oxygens (including phenoxy) is 3. The third-order valence-electron chi connectivity index (χ3n) is 6.74. The average Bonchev–Trinajstić information content (AvgIpc) is 3.26. The summed E-state index contributed by atoms with van der Waals surface area (Å²) in [5.41, 5.74) is 3.58. The van der Waals surface area contributed by atoms with Crippen LogP contribution in [0.4, 0.5) is 4.39 Å². The zero-order valence-electron chi connectivity index (χ0n) is 23.1. The van der Waals surface area contributed by atoms with Gasteiger partial charge in [0.1, 0.15) is 12.4 Å². The first-order valence-corrected chi connectivity index (χ1v) is 13.9. The second kappa shape index (κ2) is 11.9. The van der Waals surface area contributed by atoms with Crippen LogP contribution in [0.25, 0.3) is 6.08 Å². The van der Waals surface area contributed by atoms with Crippen LogP contribution in [-0.2, 0) is 16.1 Å². The number of fused-ring (bicyclic) bond motifs is 1. The molecule has 1 aromatic heterocycles. The topological polar surface area (TPSA) is 79.1 Å². The lowest BCUT2D eigenvalue weighted by molar-refractivity contribution is -0.139. The molecule has 3 aromatic carbocycles. The van der Waals surface area contributed by atoms with Crippen LogP contribution in [0.5, 0.6) is 11.5 Å². The predicted molar refractivity (Wildman–Crippen MR) is 155 cm³/mol. The van der Waals surface area contributed by atoms with E-state index in [2.05, 4.69) is 4.99 Å². The van der Waals surface area contributed by atoms with Crippen molar-refractivity contribution in [2.45, 2.75) is 33.4 Å². The Bertz CT molecular complexity index is 1820. The third kappa shape index (κ3) is 5.71. The van der Waals surface area contributed by atoms with E-state index in [1.54, 1.807) is 60.9 Å². The largest absolute Gasteiger partial charge is 0.493 e. The second-order valence-corrected chi connectivity index (χ2v) is 10.5. The zero-order valence-corrected chi connectivity index (χ0v) is 24.0. The number of halogens is 1. The molecule has 0 saturated carbocycles. The molecule has 0 aliphatic carbocycles. The fourth-order valence-electron chi connectivity index (χ4n) is 4.67. The highest BCUT2D eigenvalue weighted by Crippen LogP contribution is 2.31. The third-order valence-corrected chi connectivity index (χ3v) is 7.72. The molecule has 2 heterocycles. The van der Waals surface area contributed by atoms with E-state index < -0.39 is 12.0 Å². The van der Waals surface area contributed by atoms with Crippen molar-refractivity contribution in [1.82, 2.24) is 4.57 Å². The van der Waals surface area contributed by atoms with E-state index >= 15 is 0 Å². The van der Waals surface area contributed by atoms with E-state index in [0.717, 1.165) is 11.1 Å². The summed E-state index contributed by atoms with van der Waals surface area (Å²) in [4.78, 5) is 32.0. The van der Waals surface area contributed by atoms with Gasteiger partial charge in [0.25, 0.3) is 5.56 Å². The molecule has 41 heavy (non-hydrogen) atoms. The molecule has 0 unspecified atom stereocenters. The summed E-state index contributed by atoms with van der Waals surface area (Å²) in [5.74, 6) is 0.0531. The molecular weight excluding hydrogens is 543 g/mol. The van der Waals surface area contributed by atoms with Crippen LogP contribution in [-0.4, -0.2) is 24.3 Å². The Balaban J connectivity index is 1.54. The average molecular weight is 573 g/mol. The number of esters is 1. The predicted octanol–water partition coefficient (Wildman–Crippen LogP) is 4.83. The quantitative estimate of drug-likeness (QED) is 0.283. The van der Waals surface area contributed by atoms with Crippen LogP contribution in [0.3, 0.4) is 0 Å². The van der Waals surface area contributed by atoms with Gasteiger partial charge in [0, 0.05) is 5.56 Å². The number of aryl methyl sites for hydroxylation is 1. The highest BCUT2D eigenvalue weighted by atomic mass is 32.1. The Labute approximate surface area is 240 Å². The lowest BCUT2D eigenvalue weighted by atomic mass is 9.95. The number of methoxy groups -OCH3 is 1. The van der Waals surface area contributed by atoms with Gasteiger partial charge in [0.05, 0.1) is 35.6 Å². The highest BCUT2D eigenvalue weighted by Gasteiger charge is 2.33. The van der Waals surface area contributed by atoms with Crippen LogP contribution < -0.4 is 24.4 Å². The Morgan fingerprint density at radius 3 is 2.54 bits per heavy atom. The normalized spacial score (nSPS) is 14.9. The molecule has 9 heteroatoms. The Hall–Kier alpha value is -4.50. The lowest BCUT2D eigenvalue weighted by Crippen LogP contribution is -2.39. The van der Waals surface area contributed by atoms with Crippen molar-refractivity contribution in [2.24, 2.45) is 4.99 Å². The number of benzene rings is 3. The Kier molecular flexibility index (Phi) is 8.16. The summed E-state index contributed by atoms with van der Waals surface area (Å²) in [5, 5.41) is 0. The summed E-state index contributed by atoms with van der Waals surface area (Å²) >= 11 is 1.24. The number of carbonyl (C=O) groups excluding carboxylic acids is 1. The number of nitrogens with zero attached hydrogens (tertiary/aromatic N) is 2. The SMILES string of the molecule is CCOC(=O)C1=C(C)N=c2s/c(=C/c3ccc(OCc4ccccc4F)c(OC)c3)c(=O)n2[C@@H]1c1ccc(C)cc1. The summed E-state index contributed by atoms with van der Waals surface area (Å²) in [6.45, 7) is 5.74. The maximum Gasteiger partial charge on any atom is 0.338 e. The van der Waals surface area contributed by atoms with Crippen LogP contribution >= 0.6 is 11.3 Å². The molecule has 210 valence electrons. The van der Waals surface area contributed by atoms with Gasteiger partial charge >= 0.3 is 5.97 Å². The molecule has 0 saturated heterocycles. The van der Waals surface area contributed by atoms with Crippen LogP contribution in [0.15, 0.2) is 87.8 Å². The van der Waals surface area contributed by atoms with Crippen LogP contribution in [0.1, 0.15) is 42.1 Å². The molecule has 0 amide bonds. The number of allylic oxidation sites excluding steroid dienone is 1. The van der Waals surface area contributed by atoms with Gasteiger partial charge in [-0.05, 0) is 56.2 Å². The van der Waals surface area contributed by atoms with Crippen molar-refractivity contribution >= 4 is 23.4 Å². The van der Waals surface area contributed by atoms with Crippen molar-refractivity contribution in [2.75, 3.05) is 13.7 Å². The number of thiazole rings is 1. The number of rotatable bonds is 8. The monoisotopic (exact) mass is 572 g/mol. The summed E-state index contributed by atoms with van der Waals surface area (Å²) < 4.78 is 32.7. The van der Waals surface area contributed by atoms with E-state index in [0.29, 0.717) is 43.2 Å². The minimum atomic E-state index is -0.670. The van der Waals surface area contributed by atoms with Crippen LogP contribution in [0.2, 0.25) is 0 Å². The fraction of sp³-hybridized carbons (Fsp3) is 0.219. The van der Waals surface area contributed by atoms with Crippen molar-refractivity contribution < 1.29 is 23.4 Å². The smallest absolute Gasteiger partial charge is 0.338 e. The van der Waals surface area contributed by atoms with Gasteiger partial charge in [0.15, 0.2) is 16.3 Å². The minimum Gasteiger partial charge on any atom is -0.493 e. The van der Waals surface area contributed by atoms with Gasteiger partial charge in [-0.1, -0.05) is 65.4 Å². The molecule has 0 bridgehead atoms. The maximum atomic E-state index is 14.0. The van der Waals surface area contributed by atoms with Gasteiger partial charge < -0.3 is 14.2 Å². The van der Waals surface area contributed by atoms with E-state index in [-0.39, 0.29) is 24.6 Å². The molecular formula is C32H29FN2O5S. The second-order valence-electron chi connectivity index (χ2n) is 9.50. The first kappa shape index (κ1) is 28.0. The number of hydrogen-bond donors (Lipinski definition) is 0. The molecule has 0 fully saturated rings. The maximum absolute atomic E-state index is 14.0. The van der Waals surface area contributed by atoms with Crippen LogP contribution in [0, 0.1) is 12.7 Å². The summed E-state index contributed by atoms with van der Waals surface area (Å²) in [7, 11) is 1.52. The van der Waals surface area contributed by atoms with E-state index in [1.165, 1.54) is 24.5 Å². The first-order valence-electron chi connectivity index (χ1n) is 13.1. The van der Waals surface area contributed by atoms with Crippen molar-refractivity contribution in [3.05, 3.63) is 126 Å². The first-order chi connectivity index (χ1) is 19.8. The minimum absolute atomic E-state index is 0.0438. The van der Waals surface area contributed by atoms with E-state index in [9.17, 15) is 14.0 Å². The van der Waals surface area contributed by atoms with Crippen molar-refractivity contribution in [1.29, 1.82) is 0 Å². The number of hydrogen-bond acceptors (Lipinski definition) is 7. The standard InChI is InChI=1S/C32H29FN2O5S/c1-5-39-31(37)28-20(3)34-32-35(29(28)22-13-10-19(2)11-14-22)30(36)27(41-32)17-21-12-15-25(26(16-21)38-4)40-18-23-8-6-7-9-24(23)33/h6-17,29H,5,18H2,1-4H3/b27-17+/t29-/m1/s1. The lowest BCUT2D eigenvalue weighted by Gasteiger charge is -2.24. The van der Waals surface area contributed by atoms with E-state index in [4.69, 9.17) is 14.2 Å². The number of aromatic nitrogens is 1. The molecule has 1 aliphatic heterocycles. The van der Waals surface area contributed by atoms with Gasteiger partial charge in [-0.25, -0.2) is 14.2 Å². The molecule has 0 N–H and O–H groups in total. The molecule has 7 nitrogen and oxygen atoms in total. The molecule has 4 aromatic rings.